The first-order chi connectivity index (χ1) is 14.8. The predicted octanol–water partition coefficient (Wildman–Crippen LogP) is 1.48. The molecule has 2 aliphatic heterocycles. The Balaban J connectivity index is 1.78. The number of hydrogen-bond donors (Lipinski definition) is 3. The number of carbonyl (C=O) groups excluding carboxylic acids is 1. The van der Waals surface area contributed by atoms with Crippen LogP contribution < -0.4 is 20.7 Å². The van der Waals surface area contributed by atoms with Gasteiger partial charge in [0.05, 0.1) is 18.2 Å². The molecule has 0 radical (unpaired) electrons. The molecule has 2 aliphatic rings. The fourth-order valence-corrected chi connectivity index (χ4v) is 3.52. The van der Waals surface area contributed by atoms with Crippen LogP contribution in [0.2, 0.25) is 0 Å². The van der Waals surface area contributed by atoms with Crippen LogP contribution in [0.25, 0.3) is 11.4 Å². The molecule has 0 saturated carbocycles. The normalized spacial score (nSPS) is 19.6. The third kappa shape index (κ3) is 3.62. The van der Waals surface area contributed by atoms with Crippen molar-refractivity contribution in [3.63, 3.8) is 0 Å². The van der Waals surface area contributed by atoms with E-state index in [-0.39, 0.29) is 24.7 Å². The molecular weight excluding hydrogens is 414 g/mol. The smallest absolute Gasteiger partial charge is 0.416 e. The Kier molecular flexibility index (Phi) is 5.38. The van der Waals surface area contributed by atoms with Gasteiger partial charge in [-0.15, -0.1) is 0 Å². The molecule has 4 N–H and O–H groups in total. The lowest BCUT2D eigenvalue weighted by molar-refractivity contribution is 0.104. The van der Waals surface area contributed by atoms with Crippen molar-refractivity contribution in [3.8, 4) is 23.2 Å². The van der Waals surface area contributed by atoms with Crippen LogP contribution in [0.3, 0.4) is 0 Å². The van der Waals surface area contributed by atoms with E-state index >= 15 is 0 Å². The van der Waals surface area contributed by atoms with Crippen LogP contribution >= 0.6 is 0 Å². The molecule has 1 fully saturated rings. The number of anilines is 2. The van der Waals surface area contributed by atoms with Gasteiger partial charge in [-0.05, 0) is 19.1 Å². The van der Waals surface area contributed by atoms with Gasteiger partial charge in [-0.25, -0.2) is 23.5 Å². The number of nitriles is 1. The average Bonchev–Trinajstić information content (AvgIpc) is 3.22. The van der Waals surface area contributed by atoms with E-state index in [1.54, 1.807) is 25.1 Å². The lowest BCUT2D eigenvalue weighted by Gasteiger charge is -2.19. The molecule has 0 aliphatic carbocycles. The molecule has 1 saturated heterocycles. The minimum atomic E-state index is -2.86. The van der Waals surface area contributed by atoms with Gasteiger partial charge in [0.1, 0.15) is 43.1 Å². The van der Waals surface area contributed by atoms with Crippen LogP contribution in [-0.2, 0) is 11.3 Å². The van der Waals surface area contributed by atoms with E-state index in [0.717, 1.165) is 4.90 Å². The summed E-state index contributed by atoms with van der Waals surface area (Å²) in [6, 6.07) is 5.11. The van der Waals surface area contributed by atoms with Gasteiger partial charge in [0.2, 0.25) is 0 Å². The maximum Gasteiger partial charge on any atom is 0.416 e. The highest BCUT2D eigenvalue weighted by molar-refractivity contribution is 5.91. The van der Waals surface area contributed by atoms with Gasteiger partial charge in [0.25, 0.3) is 6.43 Å². The largest absolute Gasteiger partial charge is 0.491 e. The Hall–Kier alpha value is -3.43. The fraction of sp³-hybridized carbons (Fsp3) is 0.421. The molecule has 3 heterocycles. The molecule has 3 atom stereocenters. The summed E-state index contributed by atoms with van der Waals surface area (Å²) < 4.78 is 39.0. The van der Waals surface area contributed by atoms with E-state index in [1.165, 1.54) is 4.57 Å². The third-order valence-electron chi connectivity index (χ3n) is 5.18. The predicted molar refractivity (Wildman–Crippen MR) is 105 cm³/mol. The third-order valence-corrected chi connectivity index (χ3v) is 5.18. The highest BCUT2D eigenvalue weighted by Gasteiger charge is 2.43. The SMILES string of the molecule is C[C@H](Nc1ccc2c(c1)OCCn1c-2nc(N2C(=O)OC[C@H]2C(F)F)c1C#N)C(N)O. The summed E-state index contributed by atoms with van der Waals surface area (Å²) in [6.45, 7) is 1.64. The molecule has 31 heavy (non-hydrogen) atoms. The van der Waals surface area contributed by atoms with Crippen LogP contribution in [0.5, 0.6) is 5.75 Å². The fourth-order valence-electron chi connectivity index (χ4n) is 3.52. The Morgan fingerprint density at radius 1 is 1.42 bits per heavy atom. The summed E-state index contributed by atoms with van der Waals surface area (Å²) in [7, 11) is 0. The number of aliphatic hydroxyl groups is 1. The quantitative estimate of drug-likeness (QED) is 0.602. The number of ether oxygens (including phenoxy) is 2. The van der Waals surface area contributed by atoms with Crippen molar-refractivity contribution in [3.05, 3.63) is 23.9 Å². The molecule has 1 aromatic heterocycles. The second-order valence-electron chi connectivity index (χ2n) is 7.20. The summed E-state index contributed by atoms with van der Waals surface area (Å²) in [5.41, 5.74) is 6.60. The van der Waals surface area contributed by atoms with Gasteiger partial charge in [-0.2, -0.15) is 5.26 Å². The number of hydrogen-bond acceptors (Lipinski definition) is 8. The summed E-state index contributed by atoms with van der Waals surface area (Å²) in [4.78, 5) is 17.3. The van der Waals surface area contributed by atoms with Crippen molar-refractivity contribution >= 4 is 17.6 Å². The highest BCUT2D eigenvalue weighted by Crippen LogP contribution is 2.38. The van der Waals surface area contributed by atoms with Crippen molar-refractivity contribution < 1.29 is 28.2 Å². The van der Waals surface area contributed by atoms with Crippen LogP contribution in [0.4, 0.5) is 25.1 Å². The maximum atomic E-state index is 13.4. The number of aromatic nitrogens is 2. The second kappa shape index (κ2) is 8.01. The van der Waals surface area contributed by atoms with Crippen molar-refractivity contribution in [2.24, 2.45) is 5.73 Å². The van der Waals surface area contributed by atoms with E-state index in [9.17, 15) is 23.9 Å². The highest BCUT2D eigenvalue weighted by atomic mass is 19.3. The van der Waals surface area contributed by atoms with Crippen molar-refractivity contribution in [2.75, 3.05) is 23.4 Å². The number of nitrogens with zero attached hydrogens (tertiary/aromatic N) is 4. The number of rotatable bonds is 5. The zero-order valence-corrected chi connectivity index (χ0v) is 16.5. The lowest BCUT2D eigenvalue weighted by atomic mass is 10.1. The lowest BCUT2D eigenvalue weighted by Crippen LogP contribution is -2.39. The van der Waals surface area contributed by atoms with Gasteiger partial charge in [-0.3, -0.25) is 0 Å². The number of amides is 1. The molecule has 12 heteroatoms. The molecule has 2 aromatic rings. The number of aliphatic hydroxyl groups excluding tert-OH is 1. The standard InChI is InChI=1S/C19H20F2N6O4/c1-9(16(23)28)24-10-2-3-11-14(6-10)30-5-4-26-12(7-22)18(25-17(11)26)27-13(15(20)21)8-31-19(27)29/h2-3,6,9,13,15-16,24,28H,4-5,8,23H2,1H3/t9-,13-,16?/m0/s1. The number of imidazole rings is 1. The molecular formula is C19H20F2N6O4. The summed E-state index contributed by atoms with van der Waals surface area (Å²) in [6.07, 6.45) is -4.90. The Bertz CT molecular complexity index is 1050. The number of nitrogens with one attached hydrogen (secondary N) is 1. The molecule has 164 valence electrons. The van der Waals surface area contributed by atoms with Crippen LogP contribution in [-0.4, -0.2) is 58.7 Å². The number of benzene rings is 1. The number of halogens is 2. The molecule has 1 unspecified atom stereocenters. The summed E-state index contributed by atoms with van der Waals surface area (Å²) in [5, 5.41) is 22.2. The zero-order valence-electron chi connectivity index (χ0n) is 16.5. The van der Waals surface area contributed by atoms with Gasteiger partial charge < -0.3 is 30.2 Å². The van der Waals surface area contributed by atoms with Gasteiger partial charge >= 0.3 is 6.09 Å². The van der Waals surface area contributed by atoms with Gasteiger partial charge in [0, 0.05) is 11.8 Å². The molecule has 10 nitrogen and oxygen atoms in total. The number of carbonyl (C=O) groups is 1. The van der Waals surface area contributed by atoms with Crippen LogP contribution in [0, 0.1) is 11.3 Å². The average molecular weight is 434 g/mol. The van der Waals surface area contributed by atoms with Crippen molar-refractivity contribution in [2.45, 2.75) is 38.2 Å². The van der Waals surface area contributed by atoms with E-state index < -0.39 is 37.4 Å². The minimum Gasteiger partial charge on any atom is -0.491 e. The van der Waals surface area contributed by atoms with Crippen molar-refractivity contribution in [1.82, 2.24) is 9.55 Å². The van der Waals surface area contributed by atoms with E-state index in [1.807, 2.05) is 6.07 Å². The Labute approximate surface area is 175 Å². The second-order valence-corrected chi connectivity index (χ2v) is 7.20. The first-order valence-corrected chi connectivity index (χ1v) is 9.54. The molecule has 1 amide bonds. The molecule has 0 bridgehead atoms. The summed E-state index contributed by atoms with van der Waals surface area (Å²) in [5.74, 6) is 0.586. The number of fused-ring (bicyclic) bond motifs is 3. The summed E-state index contributed by atoms with van der Waals surface area (Å²) >= 11 is 0. The van der Waals surface area contributed by atoms with E-state index in [0.29, 0.717) is 22.8 Å². The monoisotopic (exact) mass is 434 g/mol. The van der Waals surface area contributed by atoms with E-state index in [4.69, 9.17) is 15.2 Å². The molecule has 0 spiro atoms. The minimum absolute atomic E-state index is 0.0296. The Morgan fingerprint density at radius 3 is 2.87 bits per heavy atom. The van der Waals surface area contributed by atoms with Gasteiger partial charge in [-0.1, -0.05) is 0 Å². The maximum absolute atomic E-state index is 13.4. The van der Waals surface area contributed by atoms with Crippen molar-refractivity contribution in [1.29, 1.82) is 5.26 Å². The number of alkyl halides is 2. The first kappa shape index (κ1) is 20.8. The molecule has 4 rings (SSSR count). The molecule has 1 aromatic carbocycles. The van der Waals surface area contributed by atoms with Crippen LogP contribution in [0.15, 0.2) is 18.2 Å². The van der Waals surface area contributed by atoms with Gasteiger partial charge in [0.15, 0.2) is 11.5 Å². The topological polar surface area (TPSA) is 139 Å². The van der Waals surface area contributed by atoms with Crippen LogP contribution in [0.1, 0.15) is 12.6 Å². The zero-order chi connectivity index (χ0) is 22.3. The Morgan fingerprint density at radius 2 is 2.19 bits per heavy atom. The van der Waals surface area contributed by atoms with E-state index in [2.05, 4.69) is 10.3 Å². The number of nitrogens with two attached hydrogens (primary N) is 1. The number of cyclic esters (lactones) is 1. The first-order valence-electron chi connectivity index (χ1n) is 9.54.